The van der Waals surface area contributed by atoms with E-state index in [4.69, 9.17) is 10.1 Å². The highest BCUT2D eigenvalue weighted by molar-refractivity contribution is 5.99. The average molecular weight is 399 g/mol. The van der Waals surface area contributed by atoms with Gasteiger partial charge in [-0.2, -0.15) is 0 Å². The van der Waals surface area contributed by atoms with Crippen LogP contribution < -0.4 is 15.4 Å². The van der Waals surface area contributed by atoms with Crippen LogP contribution in [0.15, 0.2) is 24.3 Å². The molecule has 29 heavy (non-hydrogen) atoms. The number of nitrogens with zero attached hydrogens (tertiary/aromatic N) is 1. The fourth-order valence-corrected chi connectivity index (χ4v) is 4.23. The van der Waals surface area contributed by atoms with Gasteiger partial charge in [0, 0.05) is 30.0 Å². The molecule has 0 radical (unpaired) electrons. The minimum Gasteiger partial charge on any atom is -0.493 e. The zero-order valence-electron chi connectivity index (χ0n) is 17.3. The van der Waals surface area contributed by atoms with Crippen LogP contribution in [0.1, 0.15) is 51.6 Å². The Hall–Kier alpha value is -2.57. The number of hydrogen-bond acceptors (Lipinski definition) is 4. The van der Waals surface area contributed by atoms with Gasteiger partial charge in [0.05, 0.1) is 19.1 Å². The summed E-state index contributed by atoms with van der Waals surface area (Å²) in [5, 5.41) is 14.6. The van der Waals surface area contributed by atoms with Crippen LogP contribution >= 0.6 is 0 Å². The Morgan fingerprint density at radius 3 is 2.90 bits per heavy atom. The lowest BCUT2D eigenvalue weighted by Gasteiger charge is -2.43. The maximum absolute atomic E-state index is 12.8. The summed E-state index contributed by atoms with van der Waals surface area (Å²) in [6.45, 7) is 7.12. The smallest absolute Gasteiger partial charge is 0.231 e. The van der Waals surface area contributed by atoms with E-state index in [1.807, 2.05) is 31.2 Å². The molecule has 2 aliphatic heterocycles. The van der Waals surface area contributed by atoms with Crippen molar-refractivity contribution in [3.05, 3.63) is 29.8 Å². The van der Waals surface area contributed by atoms with E-state index in [9.17, 15) is 9.59 Å². The molecule has 4 rings (SSSR count). The van der Waals surface area contributed by atoms with Gasteiger partial charge in [-0.15, -0.1) is 0 Å². The van der Waals surface area contributed by atoms with Crippen LogP contribution in [0, 0.1) is 23.2 Å². The van der Waals surface area contributed by atoms with E-state index in [-0.39, 0.29) is 47.1 Å². The van der Waals surface area contributed by atoms with Crippen LogP contribution in [0.3, 0.4) is 0 Å². The molecule has 156 valence electrons. The van der Waals surface area contributed by atoms with E-state index in [1.54, 1.807) is 0 Å². The highest BCUT2D eigenvalue weighted by Crippen LogP contribution is 2.41. The van der Waals surface area contributed by atoms with Crippen molar-refractivity contribution in [1.82, 2.24) is 15.5 Å². The summed E-state index contributed by atoms with van der Waals surface area (Å²) in [6.07, 6.45) is 1.89. The molecule has 7 nitrogen and oxygen atoms in total. The molecule has 1 aliphatic carbocycles. The monoisotopic (exact) mass is 398 g/mol. The summed E-state index contributed by atoms with van der Waals surface area (Å²) in [5.74, 6) is 1.26. The fraction of sp³-hybridized carbons (Fsp3) is 0.591. The third-order valence-electron chi connectivity index (χ3n) is 6.72. The number of benzene rings is 1. The summed E-state index contributed by atoms with van der Waals surface area (Å²) >= 11 is 0. The first kappa shape index (κ1) is 19.7. The maximum Gasteiger partial charge on any atom is 0.231 e. The topological polar surface area (TPSA) is 94.5 Å². The van der Waals surface area contributed by atoms with Crippen molar-refractivity contribution in [3.8, 4) is 5.75 Å². The Bertz CT molecular complexity index is 819. The van der Waals surface area contributed by atoms with Crippen molar-refractivity contribution in [2.75, 3.05) is 13.2 Å². The first-order valence-corrected chi connectivity index (χ1v) is 10.5. The highest BCUT2D eigenvalue weighted by atomic mass is 16.5. The number of hydrogen-bond donors (Lipinski definition) is 3. The molecule has 4 atom stereocenters. The Kier molecular flexibility index (Phi) is 5.00. The largest absolute Gasteiger partial charge is 0.493 e. The maximum atomic E-state index is 12.8. The molecule has 7 heteroatoms. The summed E-state index contributed by atoms with van der Waals surface area (Å²) < 4.78 is 5.66. The van der Waals surface area contributed by atoms with E-state index in [2.05, 4.69) is 24.5 Å². The van der Waals surface area contributed by atoms with Crippen molar-refractivity contribution >= 4 is 17.8 Å². The molecule has 0 spiro atoms. The Morgan fingerprint density at radius 1 is 1.41 bits per heavy atom. The van der Waals surface area contributed by atoms with Crippen LogP contribution in [0.2, 0.25) is 0 Å². The van der Waals surface area contributed by atoms with Gasteiger partial charge in [0.25, 0.3) is 0 Å². The molecule has 3 aliphatic rings. The quantitative estimate of drug-likeness (QED) is 0.710. The molecule has 2 fully saturated rings. The van der Waals surface area contributed by atoms with Gasteiger partial charge in [0.15, 0.2) is 5.96 Å². The van der Waals surface area contributed by atoms with E-state index in [0.29, 0.717) is 19.6 Å². The van der Waals surface area contributed by atoms with Crippen LogP contribution in [-0.2, 0) is 9.59 Å². The number of amides is 2. The number of carbonyl (C=O) groups excluding carboxylic acids is 2. The van der Waals surface area contributed by atoms with Crippen molar-refractivity contribution in [2.24, 2.45) is 17.8 Å². The summed E-state index contributed by atoms with van der Waals surface area (Å²) in [4.78, 5) is 26.9. The van der Waals surface area contributed by atoms with Crippen molar-refractivity contribution in [2.45, 2.75) is 51.6 Å². The standard InChI is InChI=1S/C22H30N4O3/c1-13(2)22(3)11-19(27)26(21(23)25-22)12-14-10-16(14)20(28)24-17-8-9-29-18-7-5-4-6-15(17)18/h4-7,13-14,16-17H,8-12H2,1-3H3,(H2,23,25)(H,24,28)/t14?,16-,17+,22+/m1/s1. The summed E-state index contributed by atoms with van der Waals surface area (Å²) in [5.41, 5.74) is 0.635. The number of para-hydroxylation sites is 1. The average Bonchev–Trinajstić information content (AvgIpc) is 3.44. The lowest BCUT2D eigenvalue weighted by atomic mass is 9.83. The first-order chi connectivity index (χ1) is 13.8. The molecule has 1 aromatic rings. The van der Waals surface area contributed by atoms with E-state index in [1.165, 1.54) is 4.90 Å². The van der Waals surface area contributed by atoms with Crippen molar-refractivity contribution < 1.29 is 14.3 Å². The fourth-order valence-electron chi connectivity index (χ4n) is 4.23. The SMILES string of the molecule is CC(C)[C@]1(C)CC(=O)N(CC2C[C@H]2C(=O)N[C@H]2CCOc3ccccc32)C(=N)N1. The highest BCUT2D eigenvalue weighted by Gasteiger charge is 2.48. The molecule has 2 amide bonds. The van der Waals surface area contributed by atoms with Gasteiger partial charge >= 0.3 is 0 Å². The second kappa shape index (κ2) is 7.35. The normalized spacial score (nSPS) is 31.0. The molecular weight excluding hydrogens is 368 g/mol. The minimum atomic E-state index is -0.387. The minimum absolute atomic E-state index is 0.0305. The van der Waals surface area contributed by atoms with E-state index >= 15 is 0 Å². The van der Waals surface area contributed by atoms with Gasteiger partial charge in [-0.3, -0.25) is 19.9 Å². The van der Waals surface area contributed by atoms with Gasteiger partial charge in [0.2, 0.25) is 11.8 Å². The zero-order chi connectivity index (χ0) is 20.8. The number of carbonyl (C=O) groups is 2. The Morgan fingerprint density at radius 2 is 2.17 bits per heavy atom. The third kappa shape index (κ3) is 3.82. The third-order valence-corrected chi connectivity index (χ3v) is 6.72. The van der Waals surface area contributed by atoms with Crippen molar-refractivity contribution in [1.29, 1.82) is 5.41 Å². The molecule has 2 heterocycles. The Balaban J connectivity index is 1.33. The summed E-state index contributed by atoms with van der Waals surface area (Å²) in [6, 6.07) is 7.78. The number of fused-ring (bicyclic) bond motifs is 1. The molecule has 3 N–H and O–H groups in total. The number of nitrogens with one attached hydrogen (secondary N) is 3. The van der Waals surface area contributed by atoms with E-state index < -0.39 is 0 Å². The van der Waals surface area contributed by atoms with Gasteiger partial charge in [-0.25, -0.2) is 0 Å². The molecule has 1 saturated carbocycles. The predicted octanol–water partition coefficient (Wildman–Crippen LogP) is 2.43. The second-order valence-electron chi connectivity index (χ2n) is 9.07. The van der Waals surface area contributed by atoms with Crippen LogP contribution in [0.25, 0.3) is 0 Å². The molecule has 1 aromatic carbocycles. The van der Waals surface area contributed by atoms with Gasteiger partial charge in [-0.05, 0) is 31.2 Å². The molecule has 1 saturated heterocycles. The molecular formula is C22H30N4O3. The Labute approximate surface area is 171 Å². The second-order valence-corrected chi connectivity index (χ2v) is 9.07. The first-order valence-electron chi connectivity index (χ1n) is 10.5. The number of rotatable bonds is 5. The molecule has 1 unspecified atom stereocenters. The lowest BCUT2D eigenvalue weighted by Crippen LogP contribution is -2.63. The van der Waals surface area contributed by atoms with Crippen molar-refractivity contribution in [3.63, 3.8) is 0 Å². The number of ether oxygens (including phenoxy) is 1. The number of guanidine groups is 1. The lowest BCUT2D eigenvalue weighted by molar-refractivity contribution is -0.131. The predicted molar refractivity (Wildman–Crippen MR) is 109 cm³/mol. The van der Waals surface area contributed by atoms with Crippen LogP contribution in [0.5, 0.6) is 5.75 Å². The van der Waals surface area contributed by atoms with Crippen LogP contribution in [0.4, 0.5) is 0 Å². The van der Waals surface area contributed by atoms with Crippen LogP contribution in [-0.4, -0.2) is 41.4 Å². The summed E-state index contributed by atoms with van der Waals surface area (Å²) in [7, 11) is 0. The zero-order valence-corrected chi connectivity index (χ0v) is 17.3. The molecule has 0 bridgehead atoms. The molecule has 0 aromatic heterocycles. The van der Waals surface area contributed by atoms with Gasteiger partial charge in [0.1, 0.15) is 5.75 Å². The van der Waals surface area contributed by atoms with E-state index in [0.717, 1.165) is 24.2 Å². The van der Waals surface area contributed by atoms with Gasteiger partial charge in [-0.1, -0.05) is 32.0 Å². The van der Waals surface area contributed by atoms with Gasteiger partial charge < -0.3 is 15.4 Å².